The number of hydrogen-bond donors (Lipinski definition) is 3. The summed E-state index contributed by atoms with van der Waals surface area (Å²) in [5.41, 5.74) is 6.30. The Morgan fingerprint density at radius 1 is 1.24 bits per heavy atom. The Balaban J connectivity index is 2.11. The van der Waals surface area contributed by atoms with Gasteiger partial charge in [0.05, 0.1) is 5.75 Å². The third kappa shape index (κ3) is 4.36. The van der Waals surface area contributed by atoms with Crippen LogP contribution in [0.5, 0.6) is 0 Å². The van der Waals surface area contributed by atoms with Crippen molar-refractivity contribution < 1.29 is 8.42 Å². The summed E-state index contributed by atoms with van der Waals surface area (Å²) < 4.78 is 26.2. The lowest BCUT2D eigenvalue weighted by Crippen LogP contribution is -2.18. The summed E-state index contributed by atoms with van der Waals surface area (Å²) in [6.45, 7) is 0. The van der Waals surface area contributed by atoms with Crippen LogP contribution in [0.2, 0.25) is 0 Å². The van der Waals surface area contributed by atoms with Crippen molar-refractivity contribution >= 4 is 33.0 Å². The Labute approximate surface area is 126 Å². The van der Waals surface area contributed by atoms with Crippen molar-refractivity contribution in [3.05, 3.63) is 57.9 Å². The van der Waals surface area contributed by atoms with Crippen molar-refractivity contribution in [2.45, 2.75) is 5.75 Å². The summed E-state index contributed by atoms with van der Waals surface area (Å²) in [6.07, 6.45) is 0. The normalized spacial score (nSPS) is 11.0. The molecule has 0 aliphatic heterocycles. The standard InChI is InChI=1S/C12H12N4O3S2/c13-12(20)9-3-1-8(2-4-9)7-21(18,19)16-10-5-6-11(17)15-14-10/h1-6H,7H2,(H2,13,20)(H,14,16)(H,15,17). The average molecular weight is 324 g/mol. The molecule has 0 atom stereocenters. The van der Waals surface area contributed by atoms with Crippen molar-refractivity contribution in [1.29, 1.82) is 0 Å². The number of nitrogens with two attached hydrogens (primary N) is 1. The fraction of sp³-hybridized carbons (Fsp3) is 0.0833. The van der Waals surface area contributed by atoms with Gasteiger partial charge in [-0.05, 0) is 11.6 Å². The number of H-pyrrole nitrogens is 1. The van der Waals surface area contributed by atoms with E-state index in [4.69, 9.17) is 18.0 Å². The van der Waals surface area contributed by atoms with Crippen molar-refractivity contribution in [2.75, 3.05) is 4.72 Å². The highest BCUT2D eigenvalue weighted by Crippen LogP contribution is 2.10. The number of nitrogens with one attached hydrogen (secondary N) is 2. The second-order valence-corrected chi connectivity index (χ2v) is 6.39. The van der Waals surface area contributed by atoms with Gasteiger partial charge in [-0.15, -0.1) is 0 Å². The second-order valence-electron chi connectivity index (χ2n) is 4.23. The van der Waals surface area contributed by atoms with Crippen LogP contribution in [0.25, 0.3) is 0 Å². The summed E-state index contributed by atoms with van der Waals surface area (Å²) in [5, 5.41) is 5.73. The molecule has 0 aliphatic rings. The molecule has 9 heteroatoms. The monoisotopic (exact) mass is 324 g/mol. The highest BCUT2D eigenvalue weighted by Gasteiger charge is 2.12. The molecule has 4 N–H and O–H groups in total. The van der Waals surface area contributed by atoms with E-state index in [0.717, 1.165) is 0 Å². The minimum absolute atomic E-state index is 0.0503. The van der Waals surface area contributed by atoms with E-state index in [1.807, 2.05) is 0 Å². The Kier molecular flexibility index (Phi) is 4.34. The van der Waals surface area contributed by atoms with E-state index < -0.39 is 15.6 Å². The highest BCUT2D eigenvalue weighted by molar-refractivity contribution is 7.91. The molecule has 1 aromatic heterocycles. The fourth-order valence-corrected chi connectivity index (χ4v) is 2.85. The molecular weight excluding hydrogens is 312 g/mol. The first-order chi connectivity index (χ1) is 9.85. The van der Waals surface area contributed by atoms with Crippen molar-refractivity contribution in [1.82, 2.24) is 10.2 Å². The van der Waals surface area contributed by atoms with Crippen LogP contribution in [0.1, 0.15) is 11.1 Å². The van der Waals surface area contributed by atoms with Gasteiger partial charge in [-0.2, -0.15) is 5.10 Å². The number of sulfonamides is 1. The van der Waals surface area contributed by atoms with Crippen molar-refractivity contribution in [2.24, 2.45) is 5.73 Å². The largest absolute Gasteiger partial charge is 0.389 e. The van der Waals surface area contributed by atoms with E-state index in [2.05, 4.69) is 14.9 Å². The van der Waals surface area contributed by atoms with Gasteiger partial charge in [-0.1, -0.05) is 36.5 Å². The van der Waals surface area contributed by atoms with E-state index in [9.17, 15) is 13.2 Å². The molecule has 1 aromatic carbocycles. The van der Waals surface area contributed by atoms with Crippen LogP contribution < -0.4 is 16.0 Å². The number of anilines is 1. The number of thiocarbonyl (C=S) groups is 1. The lowest BCUT2D eigenvalue weighted by molar-refractivity contribution is 0.600. The van der Waals surface area contributed by atoms with Crippen LogP contribution in [0.3, 0.4) is 0 Å². The summed E-state index contributed by atoms with van der Waals surface area (Å²) >= 11 is 4.82. The van der Waals surface area contributed by atoms with Crippen LogP contribution in [0, 0.1) is 0 Å². The number of aromatic amines is 1. The zero-order valence-corrected chi connectivity index (χ0v) is 12.4. The molecule has 0 amide bonds. The second kappa shape index (κ2) is 6.02. The molecule has 0 spiro atoms. The first-order valence-electron chi connectivity index (χ1n) is 5.81. The Morgan fingerprint density at radius 2 is 1.90 bits per heavy atom. The molecule has 21 heavy (non-hydrogen) atoms. The molecule has 0 unspecified atom stereocenters. The molecule has 0 bridgehead atoms. The maximum atomic E-state index is 12.0. The molecule has 2 aromatic rings. The van der Waals surface area contributed by atoms with Crippen LogP contribution in [-0.4, -0.2) is 23.6 Å². The van der Waals surface area contributed by atoms with E-state index in [1.165, 1.54) is 12.1 Å². The van der Waals surface area contributed by atoms with Gasteiger partial charge in [0.25, 0.3) is 5.56 Å². The number of rotatable bonds is 5. The summed E-state index contributed by atoms with van der Waals surface area (Å²) in [5.74, 6) is -0.180. The van der Waals surface area contributed by atoms with Crippen LogP contribution in [0.4, 0.5) is 5.82 Å². The van der Waals surface area contributed by atoms with Gasteiger partial charge in [0, 0.05) is 11.6 Å². The molecule has 0 radical (unpaired) electrons. The third-order valence-electron chi connectivity index (χ3n) is 2.53. The smallest absolute Gasteiger partial charge is 0.264 e. The van der Waals surface area contributed by atoms with Gasteiger partial charge in [0.2, 0.25) is 10.0 Å². The number of aromatic nitrogens is 2. The summed E-state index contributed by atoms with van der Waals surface area (Å²) in [7, 11) is -3.63. The quantitative estimate of drug-likeness (QED) is 0.683. The lowest BCUT2D eigenvalue weighted by Gasteiger charge is -2.07. The maximum Gasteiger partial charge on any atom is 0.264 e. The number of benzene rings is 1. The van der Waals surface area contributed by atoms with Gasteiger partial charge in [0.1, 0.15) is 4.99 Å². The molecule has 110 valence electrons. The van der Waals surface area contributed by atoms with Crippen LogP contribution in [-0.2, 0) is 15.8 Å². The molecule has 7 nitrogen and oxygen atoms in total. The zero-order valence-electron chi connectivity index (χ0n) is 10.7. The molecule has 0 fully saturated rings. The van der Waals surface area contributed by atoms with E-state index in [1.54, 1.807) is 24.3 Å². The highest BCUT2D eigenvalue weighted by atomic mass is 32.2. The minimum atomic E-state index is -3.63. The van der Waals surface area contributed by atoms with Crippen LogP contribution in [0.15, 0.2) is 41.2 Å². The molecule has 2 rings (SSSR count). The predicted molar refractivity (Wildman–Crippen MR) is 83.4 cm³/mol. The first kappa shape index (κ1) is 15.1. The Morgan fingerprint density at radius 3 is 2.43 bits per heavy atom. The topological polar surface area (TPSA) is 118 Å². The average Bonchev–Trinajstić information content (AvgIpc) is 2.41. The first-order valence-corrected chi connectivity index (χ1v) is 7.87. The Bertz CT molecular complexity index is 793. The third-order valence-corrected chi connectivity index (χ3v) is 4.00. The van der Waals surface area contributed by atoms with Gasteiger partial charge < -0.3 is 5.73 Å². The predicted octanol–water partition coefficient (Wildman–Crippen LogP) is 0.346. The van der Waals surface area contributed by atoms with E-state index in [0.29, 0.717) is 11.1 Å². The van der Waals surface area contributed by atoms with E-state index >= 15 is 0 Å². The van der Waals surface area contributed by atoms with Crippen molar-refractivity contribution in [3.8, 4) is 0 Å². The van der Waals surface area contributed by atoms with Gasteiger partial charge in [0.15, 0.2) is 5.82 Å². The Hall–Kier alpha value is -2.26. The maximum absolute atomic E-state index is 12.0. The fourth-order valence-electron chi connectivity index (χ4n) is 1.58. The molecule has 0 aliphatic carbocycles. The summed E-state index contributed by atoms with van der Waals surface area (Å²) in [4.78, 5) is 11.1. The van der Waals surface area contributed by atoms with Gasteiger partial charge in [-0.3, -0.25) is 9.52 Å². The van der Waals surface area contributed by atoms with Crippen molar-refractivity contribution in [3.63, 3.8) is 0 Å². The molecule has 0 saturated carbocycles. The lowest BCUT2D eigenvalue weighted by atomic mass is 10.1. The molecule has 0 saturated heterocycles. The number of nitrogens with zero attached hydrogens (tertiary/aromatic N) is 1. The number of hydrogen-bond acceptors (Lipinski definition) is 5. The van der Waals surface area contributed by atoms with Gasteiger partial charge in [-0.25, -0.2) is 13.5 Å². The van der Waals surface area contributed by atoms with E-state index in [-0.39, 0.29) is 16.6 Å². The minimum Gasteiger partial charge on any atom is -0.389 e. The molecular formula is C12H12N4O3S2. The van der Waals surface area contributed by atoms with Gasteiger partial charge >= 0.3 is 0 Å². The SMILES string of the molecule is NC(=S)c1ccc(CS(=O)(=O)Nc2ccc(=O)[nH]n2)cc1. The van der Waals surface area contributed by atoms with Crippen LogP contribution >= 0.6 is 12.2 Å². The summed E-state index contributed by atoms with van der Waals surface area (Å²) in [6, 6.07) is 9.05. The molecule has 1 heterocycles. The zero-order chi connectivity index (χ0) is 15.5.